The molecule has 0 radical (unpaired) electrons. The number of alkyl halides is 3. The molecule has 0 aliphatic rings. The molecular formula is C11H7F6N5OS. The Bertz CT molecular complexity index is 777. The van der Waals surface area contributed by atoms with Gasteiger partial charge in [-0.15, -0.1) is 10.2 Å². The van der Waals surface area contributed by atoms with Gasteiger partial charge in [-0.1, -0.05) is 11.8 Å². The monoisotopic (exact) mass is 371 g/mol. The first-order valence-electron chi connectivity index (χ1n) is 5.95. The first-order chi connectivity index (χ1) is 11.1. The number of nitrogens with zero attached hydrogens (tertiary/aromatic N) is 3. The summed E-state index contributed by atoms with van der Waals surface area (Å²) < 4.78 is 76.7. The van der Waals surface area contributed by atoms with Crippen molar-refractivity contribution in [3.8, 4) is 0 Å². The molecule has 1 aromatic carbocycles. The topological polar surface area (TPSA) is 85.8 Å². The third-order valence-corrected chi connectivity index (χ3v) is 3.50. The van der Waals surface area contributed by atoms with E-state index in [9.17, 15) is 31.1 Å². The number of nitrogens with one attached hydrogen (secondary N) is 1. The van der Waals surface area contributed by atoms with Gasteiger partial charge < -0.3 is 11.2 Å². The van der Waals surface area contributed by atoms with Crippen LogP contribution in [-0.4, -0.2) is 26.5 Å². The zero-order chi connectivity index (χ0) is 18.1. The number of hydrogen-bond acceptors (Lipinski definition) is 5. The van der Waals surface area contributed by atoms with Crippen LogP contribution in [0.25, 0.3) is 0 Å². The van der Waals surface area contributed by atoms with E-state index < -0.39 is 52.0 Å². The van der Waals surface area contributed by atoms with Crippen LogP contribution in [0.2, 0.25) is 0 Å². The maximum absolute atomic E-state index is 13.4. The van der Waals surface area contributed by atoms with E-state index in [0.717, 1.165) is 6.07 Å². The van der Waals surface area contributed by atoms with Gasteiger partial charge >= 0.3 is 6.18 Å². The van der Waals surface area contributed by atoms with E-state index in [1.54, 1.807) is 0 Å². The van der Waals surface area contributed by atoms with Crippen LogP contribution >= 0.6 is 11.8 Å². The average molecular weight is 371 g/mol. The second-order valence-corrected chi connectivity index (χ2v) is 5.18. The van der Waals surface area contributed by atoms with E-state index in [2.05, 4.69) is 10.2 Å². The summed E-state index contributed by atoms with van der Waals surface area (Å²) >= 11 is 0.487. The van der Waals surface area contributed by atoms with Crippen LogP contribution in [0, 0.1) is 17.5 Å². The zero-order valence-electron chi connectivity index (χ0n) is 11.4. The lowest BCUT2D eigenvalue weighted by molar-refractivity contribution is -0.146. The van der Waals surface area contributed by atoms with Gasteiger partial charge in [0.2, 0.25) is 11.1 Å². The van der Waals surface area contributed by atoms with E-state index in [0.29, 0.717) is 17.8 Å². The number of amides is 1. The summed E-state index contributed by atoms with van der Waals surface area (Å²) in [6, 6.07) is 1.40. The molecule has 1 aromatic heterocycles. The van der Waals surface area contributed by atoms with Crippen LogP contribution in [0.5, 0.6) is 0 Å². The van der Waals surface area contributed by atoms with E-state index in [-0.39, 0.29) is 4.68 Å². The minimum Gasteiger partial charge on any atom is -0.335 e. The summed E-state index contributed by atoms with van der Waals surface area (Å²) in [4.78, 5) is 11.6. The fourth-order valence-electron chi connectivity index (χ4n) is 1.51. The summed E-state index contributed by atoms with van der Waals surface area (Å²) in [5.74, 6) is -2.53. The number of carbonyl (C=O) groups is 1. The van der Waals surface area contributed by atoms with Crippen molar-refractivity contribution in [3.05, 3.63) is 35.4 Å². The van der Waals surface area contributed by atoms with Crippen LogP contribution in [0.1, 0.15) is 5.82 Å². The van der Waals surface area contributed by atoms with Gasteiger partial charge in [-0.05, 0) is 12.1 Å². The third kappa shape index (κ3) is 3.72. The number of hydrogen-bond donors (Lipinski definition) is 2. The van der Waals surface area contributed by atoms with E-state index >= 15 is 0 Å². The summed E-state index contributed by atoms with van der Waals surface area (Å²) in [7, 11) is 0. The first-order valence-corrected chi connectivity index (χ1v) is 6.93. The Morgan fingerprint density at radius 1 is 1.21 bits per heavy atom. The Morgan fingerprint density at radius 2 is 1.88 bits per heavy atom. The molecule has 6 nitrogen and oxygen atoms in total. The summed E-state index contributed by atoms with van der Waals surface area (Å²) in [5.41, 5.74) is -0.621. The minimum absolute atomic E-state index is 0.149. The third-order valence-electron chi connectivity index (χ3n) is 2.56. The lowest BCUT2D eigenvalue weighted by Crippen LogP contribution is -2.22. The predicted molar refractivity (Wildman–Crippen MR) is 70.8 cm³/mol. The van der Waals surface area contributed by atoms with Crippen LogP contribution < -0.4 is 11.2 Å². The molecular weight excluding hydrogens is 364 g/mol. The molecule has 2 rings (SSSR count). The van der Waals surface area contributed by atoms with Gasteiger partial charge in [0.15, 0.2) is 17.5 Å². The zero-order valence-corrected chi connectivity index (χ0v) is 12.2. The molecule has 0 unspecified atom stereocenters. The normalized spacial score (nSPS) is 11.6. The lowest BCUT2D eigenvalue weighted by atomic mass is 10.3. The predicted octanol–water partition coefficient (Wildman–Crippen LogP) is 2.16. The number of aromatic nitrogens is 3. The molecule has 0 aliphatic heterocycles. The van der Waals surface area contributed by atoms with Crippen molar-refractivity contribution in [2.45, 2.75) is 11.3 Å². The summed E-state index contributed by atoms with van der Waals surface area (Å²) in [6.07, 6.45) is -4.82. The molecule has 130 valence electrons. The van der Waals surface area contributed by atoms with Crippen molar-refractivity contribution in [2.24, 2.45) is 0 Å². The molecule has 1 amide bonds. The van der Waals surface area contributed by atoms with Crippen molar-refractivity contribution in [3.63, 3.8) is 0 Å². The fraction of sp³-hybridized carbons (Fsp3) is 0.182. The van der Waals surface area contributed by atoms with E-state index in [4.69, 9.17) is 5.84 Å². The average Bonchev–Trinajstić information content (AvgIpc) is 2.87. The number of nitrogen functional groups attached to an aromatic ring is 1. The molecule has 1 heterocycles. The van der Waals surface area contributed by atoms with Gasteiger partial charge in [-0.2, -0.15) is 13.2 Å². The number of nitrogens with two attached hydrogens (primary N) is 1. The Balaban J connectivity index is 2.02. The van der Waals surface area contributed by atoms with Crippen molar-refractivity contribution < 1.29 is 31.1 Å². The number of anilines is 1. The van der Waals surface area contributed by atoms with E-state index in [1.165, 1.54) is 0 Å². The SMILES string of the molecule is Nn1c(SCC(=O)Nc2ccc(F)c(F)c2F)nnc1C(F)(F)F. The van der Waals surface area contributed by atoms with Crippen molar-refractivity contribution in [1.82, 2.24) is 14.9 Å². The van der Waals surface area contributed by atoms with Gasteiger partial charge in [-0.3, -0.25) is 4.79 Å². The van der Waals surface area contributed by atoms with Crippen molar-refractivity contribution >= 4 is 23.4 Å². The minimum atomic E-state index is -4.82. The van der Waals surface area contributed by atoms with Crippen LogP contribution in [-0.2, 0) is 11.0 Å². The number of rotatable bonds is 4. The van der Waals surface area contributed by atoms with Gasteiger partial charge in [0, 0.05) is 0 Å². The number of benzene rings is 1. The Morgan fingerprint density at radius 3 is 2.46 bits per heavy atom. The fourth-order valence-corrected chi connectivity index (χ4v) is 2.16. The molecule has 2 aromatic rings. The summed E-state index contributed by atoms with van der Waals surface area (Å²) in [6.45, 7) is 0. The van der Waals surface area contributed by atoms with Crippen LogP contribution in [0.15, 0.2) is 17.3 Å². The Hall–Kier alpha value is -2.44. The first kappa shape index (κ1) is 17.9. The molecule has 24 heavy (non-hydrogen) atoms. The second-order valence-electron chi connectivity index (χ2n) is 4.23. The molecule has 0 saturated heterocycles. The quantitative estimate of drug-likeness (QED) is 0.372. The Labute approximate surface area is 134 Å². The molecule has 13 heteroatoms. The highest BCUT2D eigenvalue weighted by atomic mass is 32.2. The van der Waals surface area contributed by atoms with Gasteiger partial charge in [0.05, 0.1) is 11.4 Å². The van der Waals surface area contributed by atoms with Crippen molar-refractivity contribution in [2.75, 3.05) is 16.9 Å². The molecule has 0 bridgehead atoms. The highest BCUT2D eigenvalue weighted by Gasteiger charge is 2.38. The standard InChI is InChI=1S/C11H7F6N5OS/c12-4-1-2-5(8(14)7(4)13)19-6(23)3-24-10-21-20-9(22(10)18)11(15,16)17/h1-2H,3,18H2,(H,19,23). The largest absolute Gasteiger partial charge is 0.453 e. The smallest absolute Gasteiger partial charge is 0.335 e. The Kier molecular flexibility index (Phi) is 4.91. The lowest BCUT2D eigenvalue weighted by Gasteiger charge is -2.08. The second kappa shape index (κ2) is 6.59. The molecule has 3 N–H and O–H groups in total. The van der Waals surface area contributed by atoms with Crippen LogP contribution in [0.4, 0.5) is 32.0 Å². The van der Waals surface area contributed by atoms with Crippen molar-refractivity contribution in [1.29, 1.82) is 0 Å². The van der Waals surface area contributed by atoms with Gasteiger partial charge in [-0.25, -0.2) is 17.8 Å². The molecule has 0 fully saturated rings. The number of carbonyl (C=O) groups excluding carboxylic acids is 1. The maximum Gasteiger partial charge on any atom is 0.453 e. The van der Waals surface area contributed by atoms with Gasteiger partial charge in [0.1, 0.15) is 0 Å². The number of halogens is 6. The molecule has 0 aliphatic carbocycles. The van der Waals surface area contributed by atoms with Gasteiger partial charge in [0.25, 0.3) is 5.82 Å². The van der Waals surface area contributed by atoms with E-state index in [1.807, 2.05) is 5.32 Å². The molecule has 0 saturated carbocycles. The maximum atomic E-state index is 13.4. The highest BCUT2D eigenvalue weighted by Crippen LogP contribution is 2.29. The summed E-state index contributed by atoms with van der Waals surface area (Å²) in [5, 5.41) is 7.54. The highest BCUT2D eigenvalue weighted by molar-refractivity contribution is 7.99. The number of thioether (sulfide) groups is 1. The molecule has 0 atom stereocenters. The van der Waals surface area contributed by atoms with Crippen LogP contribution in [0.3, 0.4) is 0 Å². The molecule has 0 spiro atoms.